The number of nitrogens with two attached hydrogens (primary N) is 1. The van der Waals surface area contributed by atoms with E-state index in [4.69, 9.17) is 10.2 Å². The molecule has 0 bridgehead atoms. The van der Waals surface area contributed by atoms with Crippen LogP contribution in [0.4, 0.5) is 5.00 Å². The normalized spacial score (nSPS) is 11.3. The standard InChI is InChI=1S/C14H14N2OS/c1-7-5-4-6-10-12(7)16-14(17-10)11-8(2)9(3)18-13(11)15/h4-6H,15H2,1-3H3. The number of benzene rings is 1. The number of nitrogen functional groups attached to an aromatic ring is 1. The molecule has 2 aromatic heterocycles. The van der Waals surface area contributed by atoms with Crippen molar-refractivity contribution in [3.8, 4) is 11.5 Å². The number of aromatic nitrogens is 1. The van der Waals surface area contributed by atoms with Crippen molar-refractivity contribution >= 4 is 27.4 Å². The van der Waals surface area contributed by atoms with Gasteiger partial charge in [-0.1, -0.05) is 12.1 Å². The molecule has 18 heavy (non-hydrogen) atoms. The zero-order valence-corrected chi connectivity index (χ0v) is 11.4. The quantitative estimate of drug-likeness (QED) is 0.716. The van der Waals surface area contributed by atoms with Crippen LogP contribution in [0.1, 0.15) is 16.0 Å². The highest BCUT2D eigenvalue weighted by Crippen LogP contribution is 2.38. The molecule has 2 N–H and O–H groups in total. The van der Waals surface area contributed by atoms with Crippen molar-refractivity contribution in [1.29, 1.82) is 0 Å². The average molecular weight is 258 g/mol. The lowest BCUT2D eigenvalue weighted by atomic mass is 10.1. The van der Waals surface area contributed by atoms with Crippen molar-refractivity contribution in [3.63, 3.8) is 0 Å². The summed E-state index contributed by atoms with van der Waals surface area (Å²) in [6.45, 7) is 6.15. The highest BCUT2D eigenvalue weighted by atomic mass is 32.1. The molecule has 0 saturated heterocycles. The van der Waals surface area contributed by atoms with E-state index in [-0.39, 0.29) is 0 Å². The van der Waals surface area contributed by atoms with Gasteiger partial charge in [-0.2, -0.15) is 0 Å². The number of oxazole rings is 1. The minimum Gasteiger partial charge on any atom is -0.436 e. The second-order valence-corrected chi connectivity index (χ2v) is 5.72. The Hall–Kier alpha value is -1.81. The van der Waals surface area contributed by atoms with Crippen LogP contribution < -0.4 is 5.73 Å². The number of aryl methyl sites for hydroxylation is 2. The van der Waals surface area contributed by atoms with E-state index in [9.17, 15) is 0 Å². The Balaban J connectivity index is 2.29. The van der Waals surface area contributed by atoms with E-state index in [1.807, 2.05) is 25.1 Å². The fourth-order valence-electron chi connectivity index (χ4n) is 2.11. The molecular weight excluding hydrogens is 244 g/mol. The van der Waals surface area contributed by atoms with Gasteiger partial charge < -0.3 is 10.2 Å². The van der Waals surface area contributed by atoms with Crippen LogP contribution in [-0.4, -0.2) is 4.98 Å². The van der Waals surface area contributed by atoms with Crippen LogP contribution in [0.3, 0.4) is 0 Å². The topological polar surface area (TPSA) is 52.0 Å². The Morgan fingerprint density at radius 3 is 2.61 bits per heavy atom. The van der Waals surface area contributed by atoms with Crippen LogP contribution in [0.25, 0.3) is 22.6 Å². The van der Waals surface area contributed by atoms with Gasteiger partial charge in [0.2, 0.25) is 5.89 Å². The molecule has 0 amide bonds. The number of nitrogens with zero attached hydrogens (tertiary/aromatic N) is 1. The first-order valence-corrected chi connectivity index (χ1v) is 6.61. The molecule has 4 heteroatoms. The molecule has 0 unspecified atom stereocenters. The number of para-hydroxylation sites is 1. The molecule has 3 nitrogen and oxygen atoms in total. The van der Waals surface area contributed by atoms with Crippen molar-refractivity contribution in [2.75, 3.05) is 5.73 Å². The molecule has 2 heterocycles. The summed E-state index contributed by atoms with van der Waals surface area (Å²) >= 11 is 1.58. The third-order valence-corrected chi connectivity index (χ3v) is 4.28. The van der Waals surface area contributed by atoms with Gasteiger partial charge in [0.1, 0.15) is 5.52 Å². The summed E-state index contributed by atoms with van der Waals surface area (Å²) < 4.78 is 5.83. The molecular formula is C14H14N2OS. The van der Waals surface area contributed by atoms with E-state index in [2.05, 4.69) is 18.8 Å². The maximum atomic E-state index is 6.05. The van der Waals surface area contributed by atoms with Gasteiger partial charge in [-0.05, 0) is 38.0 Å². The van der Waals surface area contributed by atoms with E-state index in [0.717, 1.165) is 32.8 Å². The van der Waals surface area contributed by atoms with Crippen LogP contribution >= 0.6 is 11.3 Å². The minimum absolute atomic E-state index is 0.624. The fourth-order valence-corrected chi connectivity index (χ4v) is 3.04. The Kier molecular flexibility index (Phi) is 2.41. The molecule has 0 aliphatic carbocycles. The van der Waals surface area contributed by atoms with Gasteiger partial charge in [0.15, 0.2) is 5.58 Å². The van der Waals surface area contributed by atoms with Gasteiger partial charge in [0, 0.05) is 4.88 Å². The first-order valence-electron chi connectivity index (χ1n) is 5.80. The van der Waals surface area contributed by atoms with Gasteiger partial charge in [-0.25, -0.2) is 4.98 Å². The molecule has 0 radical (unpaired) electrons. The van der Waals surface area contributed by atoms with Gasteiger partial charge in [0.05, 0.1) is 10.6 Å². The van der Waals surface area contributed by atoms with Crippen LogP contribution in [0.15, 0.2) is 22.6 Å². The zero-order chi connectivity index (χ0) is 12.9. The molecule has 0 spiro atoms. The zero-order valence-electron chi connectivity index (χ0n) is 10.6. The summed E-state index contributed by atoms with van der Waals surface area (Å²) in [5, 5.41) is 0.772. The summed E-state index contributed by atoms with van der Waals surface area (Å²) in [6.07, 6.45) is 0. The monoisotopic (exact) mass is 258 g/mol. The maximum absolute atomic E-state index is 6.05. The minimum atomic E-state index is 0.624. The van der Waals surface area contributed by atoms with E-state index < -0.39 is 0 Å². The lowest BCUT2D eigenvalue weighted by molar-refractivity contribution is 0.620. The van der Waals surface area contributed by atoms with Gasteiger partial charge >= 0.3 is 0 Å². The van der Waals surface area contributed by atoms with Crippen LogP contribution in [0, 0.1) is 20.8 Å². The van der Waals surface area contributed by atoms with E-state index in [0.29, 0.717) is 5.89 Å². The van der Waals surface area contributed by atoms with Crippen molar-refractivity contribution in [2.45, 2.75) is 20.8 Å². The summed E-state index contributed by atoms with van der Waals surface area (Å²) in [4.78, 5) is 5.79. The average Bonchev–Trinajstić information content (AvgIpc) is 2.83. The molecule has 3 aromatic rings. The lowest BCUT2D eigenvalue weighted by Crippen LogP contribution is -1.86. The Morgan fingerprint density at radius 2 is 2.00 bits per heavy atom. The molecule has 3 rings (SSSR count). The van der Waals surface area contributed by atoms with Crippen LogP contribution in [-0.2, 0) is 0 Å². The lowest BCUT2D eigenvalue weighted by Gasteiger charge is -1.95. The van der Waals surface area contributed by atoms with Crippen molar-refractivity contribution in [1.82, 2.24) is 4.98 Å². The number of anilines is 1. The Bertz CT molecular complexity index is 740. The van der Waals surface area contributed by atoms with Crippen molar-refractivity contribution in [2.24, 2.45) is 0 Å². The van der Waals surface area contributed by atoms with Crippen LogP contribution in [0.5, 0.6) is 0 Å². The van der Waals surface area contributed by atoms with Gasteiger partial charge in [-0.15, -0.1) is 11.3 Å². The molecule has 1 aromatic carbocycles. The first-order chi connectivity index (χ1) is 8.58. The first kappa shape index (κ1) is 11.3. The number of hydrogen-bond donors (Lipinski definition) is 1. The SMILES string of the molecule is Cc1sc(N)c(-c2nc3c(C)cccc3o2)c1C. The molecule has 0 saturated carbocycles. The summed E-state index contributed by atoms with van der Waals surface area (Å²) in [5.74, 6) is 0.624. The van der Waals surface area contributed by atoms with Gasteiger partial charge in [0.25, 0.3) is 0 Å². The molecule has 0 aliphatic rings. The predicted octanol–water partition coefficient (Wildman–Crippen LogP) is 4.06. The molecule has 92 valence electrons. The highest BCUT2D eigenvalue weighted by Gasteiger charge is 2.18. The number of fused-ring (bicyclic) bond motifs is 1. The highest BCUT2D eigenvalue weighted by molar-refractivity contribution is 7.16. The Morgan fingerprint density at radius 1 is 1.22 bits per heavy atom. The van der Waals surface area contributed by atoms with E-state index in [1.165, 1.54) is 4.88 Å². The largest absolute Gasteiger partial charge is 0.436 e. The summed E-state index contributed by atoms with van der Waals surface area (Å²) in [7, 11) is 0. The molecule has 0 atom stereocenters. The van der Waals surface area contributed by atoms with Gasteiger partial charge in [-0.3, -0.25) is 0 Å². The number of thiophene rings is 1. The van der Waals surface area contributed by atoms with E-state index >= 15 is 0 Å². The molecule has 0 fully saturated rings. The third kappa shape index (κ3) is 1.53. The second kappa shape index (κ2) is 3.85. The maximum Gasteiger partial charge on any atom is 0.230 e. The summed E-state index contributed by atoms with van der Waals surface area (Å²) in [6, 6.07) is 5.94. The van der Waals surface area contributed by atoms with Crippen molar-refractivity contribution < 1.29 is 4.42 Å². The molecule has 0 aliphatic heterocycles. The number of hydrogen-bond acceptors (Lipinski definition) is 4. The predicted molar refractivity (Wildman–Crippen MR) is 75.9 cm³/mol. The second-order valence-electron chi connectivity index (χ2n) is 4.46. The smallest absolute Gasteiger partial charge is 0.230 e. The number of rotatable bonds is 1. The van der Waals surface area contributed by atoms with E-state index in [1.54, 1.807) is 11.3 Å². The fraction of sp³-hybridized carbons (Fsp3) is 0.214. The van der Waals surface area contributed by atoms with Crippen molar-refractivity contribution in [3.05, 3.63) is 34.2 Å². The third-order valence-electron chi connectivity index (χ3n) is 3.25. The summed E-state index contributed by atoms with van der Waals surface area (Å²) in [5.41, 5.74) is 11.0. The Labute approximate surface area is 109 Å². The van der Waals surface area contributed by atoms with Crippen LogP contribution in [0.2, 0.25) is 0 Å².